The Bertz CT molecular complexity index is 526. The number of rotatable bonds is 8. The van der Waals surface area contributed by atoms with E-state index in [2.05, 4.69) is 34.0 Å². The molecule has 0 bridgehead atoms. The molecule has 7 heteroatoms. The van der Waals surface area contributed by atoms with Crippen molar-refractivity contribution >= 4 is 17.7 Å². The van der Waals surface area contributed by atoms with E-state index in [1.807, 2.05) is 13.0 Å². The van der Waals surface area contributed by atoms with Crippen LogP contribution in [0.5, 0.6) is 0 Å². The van der Waals surface area contributed by atoms with Crippen LogP contribution >= 0.6 is 0 Å². The molecule has 0 saturated carbocycles. The predicted molar refractivity (Wildman–Crippen MR) is 100 cm³/mol. The highest BCUT2D eigenvalue weighted by molar-refractivity contribution is 5.67. The average Bonchev–Trinajstić information content (AvgIpc) is 2.62. The number of aromatic nitrogens is 2. The molecule has 1 aliphatic rings. The van der Waals surface area contributed by atoms with Gasteiger partial charge in [0, 0.05) is 38.3 Å². The summed E-state index contributed by atoms with van der Waals surface area (Å²) in [4.78, 5) is 24.6. The lowest BCUT2D eigenvalue weighted by molar-refractivity contribution is 0.0983. The van der Waals surface area contributed by atoms with E-state index in [9.17, 15) is 4.79 Å². The minimum Gasteiger partial charge on any atom is -0.450 e. The highest BCUT2D eigenvalue weighted by Crippen LogP contribution is 2.19. The Morgan fingerprint density at radius 1 is 1.24 bits per heavy atom. The van der Waals surface area contributed by atoms with E-state index in [-0.39, 0.29) is 6.09 Å². The number of anilines is 2. The summed E-state index contributed by atoms with van der Waals surface area (Å²) in [6, 6.07) is 2.35. The summed E-state index contributed by atoms with van der Waals surface area (Å²) in [6.07, 6.45) is 5.40. The SMILES string of the molecule is CCCN(CCC)c1cc(NC2CCN(C(=O)OCC)CC2)ncn1. The second-order valence-electron chi connectivity index (χ2n) is 6.35. The highest BCUT2D eigenvalue weighted by atomic mass is 16.6. The van der Waals surface area contributed by atoms with Crippen molar-refractivity contribution in [3.05, 3.63) is 12.4 Å². The molecule has 0 atom stereocenters. The van der Waals surface area contributed by atoms with Gasteiger partial charge >= 0.3 is 6.09 Å². The van der Waals surface area contributed by atoms with Crippen molar-refractivity contribution in [2.24, 2.45) is 0 Å². The quantitative estimate of drug-likeness (QED) is 0.777. The van der Waals surface area contributed by atoms with Crippen LogP contribution in [-0.2, 0) is 4.74 Å². The minimum atomic E-state index is -0.208. The minimum absolute atomic E-state index is 0.208. The number of carbonyl (C=O) groups excluding carboxylic acids is 1. The third kappa shape index (κ3) is 5.76. The van der Waals surface area contributed by atoms with Gasteiger partial charge in [-0.05, 0) is 32.6 Å². The number of amides is 1. The van der Waals surface area contributed by atoms with Crippen LogP contribution in [0, 0.1) is 0 Å². The standard InChI is InChI=1S/C18H31N5O2/c1-4-9-22(10-5-2)17-13-16(19-14-20-17)21-15-7-11-23(12-8-15)18(24)25-6-3/h13-15H,4-12H2,1-3H3,(H,19,20,21). The van der Waals surface area contributed by atoms with E-state index in [0.29, 0.717) is 25.7 Å². The van der Waals surface area contributed by atoms with Gasteiger partial charge in [0.15, 0.2) is 0 Å². The molecule has 2 rings (SSSR count). The lowest BCUT2D eigenvalue weighted by Crippen LogP contribution is -2.42. The molecule has 2 heterocycles. The van der Waals surface area contributed by atoms with Crippen LogP contribution in [0.15, 0.2) is 12.4 Å². The Morgan fingerprint density at radius 2 is 1.92 bits per heavy atom. The van der Waals surface area contributed by atoms with Crippen molar-refractivity contribution in [1.29, 1.82) is 0 Å². The number of nitrogens with one attached hydrogen (secondary N) is 1. The zero-order valence-electron chi connectivity index (χ0n) is 15.7. The van der Waals surface area contributed by atoms with Gasteiger partial charge in [0.2, 0.25) is 0 Å². The van der Waals surface area contributed by atoms with Crippen molar-refractivity contribution in [2.75, 3.05) is 43.0 Å². The molecular weight excluding hydrogens is 318 g/mol. The molecule has 1 saturated heterocycles. The largest absolute Gasteiger partial charge is 0.450 e. The van der Waals surface area contributed by atoms with Gasteiger partial charge in [-0.25, -0.2) is 14.8 Å². The summed E-state index contributed by atoms with van der Waals surface area (Å²) < 4.78 is 5.06. The molecule has 1 aliphatic heterocycles. The van der Waals surface area contributed by atoms with E-state index in [4.69, 9.17) is 4.74 Å². The van der Waals surface area contributed by atoms with Crippen LogP contribution < -0.4 is 10.2 Å². The maximum absolute atomic E-state index is 11.8. The van der Waals surface area contributed by atoms with Gasteiger partial charge in [0.25, 0.3) is 0 Å². The predicted octanol–water partition coefficient (Wildman–Crippen LogP) is 3.14. The van der Waals surface area contributed by atoms with Gasteiger partial charge in [0.1, 0.15) is 18.0 Å². The summed E-state index contributed by atoms with van der Waals surface area (Å²) in [7, 11) is 0. The normalized spacial score (nSPS) is 15.1. The average molecular weight is 349 g/mol. The van der Waals surface area contributed by atoms with Gasteiger partial charge in [-0.1, -0.05) is 13.8 Å². The molecule has 0 spiro atoms. The second kappa shape index (κ2) is 10.1. The molecular formula is C18H31N5O2. The van der Waals surface area contributed by atoms with Crippen molar-refractivity contribution in [3.63, 3.8) is 0 Å². The monoisotopic (exact) mass is 349 g/mol. The van der Waals surface area contributed by atoms with Crippen molar-refractivity contribution < 1.29 is 9.53 Å². The molecule has 25 heavy (non-hydrogen) atoms. The first-order valence-electron chi connectivity index (χ1n) is 9.43. The fourth-order valence-electron chi connectivity index (χ4n) is 3.11. The lowest BCUT2D eigenvalue weighted by atomic mass is 10.1. The Morgan fingerprint density at radius 3 is 2.52 bits per heavy atom. The van der Waals surface area contributed by atoms with Crippen LogP contribution in [0.3, 0.4) is 0 Å². The van der Waals surface area contributed by atoms with Crippen molar-refractivity contribution in [3.8, 4) is 0 Å². The number of hydrogen-bond donors (Lipinski definition) is 1. The Balaban J connectivity index is 1.91. The molecule has 7 nitrogen and oxygen atoms in total. The first-order chi connectivity index (χ1) is 12.2. The molecule has 1 aromatic rings. The molecule has 1 aromatic heterocycles. The number of piperidine rings is 1. The molecule has 0 radical (unpaired) electrons. The third-order valence-corrected chi connectivity index (χ3v) is 4.34. The number of ether oxygens (including phenoxy) is 1. The maximum atomic E-state index is 11.8. The van der Waals surface area contributed by atoms with E-state index >= 15 is 0 Å². The van der Waals surface area contributed by atoms with Gasteiger partial charge in [-0.3, -0.25) is 0 Å². The Hall–Kier alpha value is -2.05. The maximum Gasteiger partial charge on any atom is 0.409 e. The fraction of sp³-hybridized carbons (Fsp3) is 0.722. The second-order valence-corrected chi connectivity index (χ2v) is 6.35. The summed E-state index contributed by atoms with van der Waals surface area (Å²) in [5.74, 6) is 1.84. The number of likely N-dealkylation sites (tertiary alicyclic amines) is 1. The van der Waals surface area contributed by atoms with Gasteiger partial charge < -0.3 is 19.9 Å². The number of nitrogens with zero attached hydrogens (tertiary/aromatic N) is 4. The van der Waals surface area contributed by atoms with Gasteiger partial charge in [-0.2, -0.15) is 0 Å². The van der Waals surface area contributed by atoms with Gasteiger partial charge in [0.05, 0.1) is 6.61 Å². The van der Waals surface area contributed by atoms with Crippen molar-refractivity contribution in [1.82, 2.24) is 14.9 Å². The molecule has 0 aromatic carbocycles. The zero-order chi connectivity index (χ0) is 18.1. The topological polar surface area (TPSA) is 70.6 Å². The summed E-state index contributed by atoms with van der Waals surface area (Å²) in [5, 5.41) is 3.50. The summed E-state index contributed by atoms with van der Waals surface area (Å²) in [5.41, 5.74) is 0. The molecule has 0 unspecified atom stereocenters. The van der Waals surface area contributed by atoms with Crippen LogP contribution in [0.25, 0.3) is 0 Å². The Labute approximate surface area is 150 Å². The Kier molecular flexibility index (Phi) is 7.76. The fourth-order valence-corrected chi connectivity index (χ4v) is 3.11. The zero-order valence-corrected chi connectivity index (χ0v) is 15.7. The summed E-state index contributed by atoms with van der Waals surface area (Å²) >= 11 is 0. The van der Waals surface area contributed by atoms with Crippen LogP contribution in [0.2, 0.25) is 0 Å². The van der Waals surface area contributed by atoms with E-state index in [0.717, 1.165) is 50.4 Å². The number of carbonyl (C=O) groups is 1. The molecule has 1 N–H and O–H groups in total. The van der Waals surface area contributed by atoms with Crippen LogP contribution in [0.1, 0.15) is 46.5 Å². The van der Waals surface area contributed by atoms with E-state index < -0.39 is 0 Å². The van der Waals surface area contributed by atoms with Crippen LogP contribution in [-0.4, -0.2) is 59.8 Å². The summed E-state index contributed by atoms with van der Waals surface area (Å²) in [6.45, 7) is 10.1. The van der Waals surface area contributed by atoms with Crippen LogP contribution in [0.4, 0.5) is 16.4 Å². The highest BCUT2D eigenvalue weighted by Gasteiger charge is 2.23. The van der Waals surface area contributed by atoms with Crippen molar-refractivity contribution in [2.45, 2.75) is 52.5 Å². The molecule has 0 aliphatic carbocycles. The molecule has 1 amide bonds. The first-order valence-corrected chi connectivity index (χ1v) is 9.43. The van der Waals surface area contributed by atoms with E-state index in [1.165, 1.54) is 0 Å². The first kappa shape index (κ1) is 19.3. The smallest absolute Gasteiger partial charge is 0.409 e. The lowest BCUT2D eigenvalue weighted by Gasteiger charge is -2.32. The number of hydrogen-bond acceptors (Lipinski definition) is 6. The third-order valence-electron chi connectivity index (χ3n) is 4.34. The molecule has 1 fully saturated rings. The van der Waals surface area contributed by atoms with E-state index in [1.54, 1.807) is 11.2 Å². The molecule has 140 valence electrons. The van der Waals surface area contributed by atoms with Gasteiger partial charge in [-0.15, -0.1) is 0 Å².